The molecule has 1 fully saturated rings. The normalized spacial score (nSPS) is 16.5. The second-order valence-electron chi connectivity index (χ2n) is 10.1. The summed E-state index contributed by atoms with van der Waals surface area (Å²) in [7, 11) is 10.9. The molecule has 0 spiro atoms. The second-order valence-corrected chi connectivity index (χ2v) is 10.1. The molecule has 0 amide bonds. The van der Waals surface area contributed by atoms with Gasteiger partial charge < -0.3 is 68.8 Å². The molecule has 33 heavy (non-hydrogen) atoms. The summed E-state index contributed by atoms with van der Waals surface area (Å²) in [6.45, 7) is 5.39. The molecular weight excluding hydrogens is 640 g/mol. The minimum absolute atomic E-state index is 0. The average molecular weight is 685 g/mol. The predicted molar refractivity (Wildman–Crippen MR) is 134 cm³/mol. The van der Waals surface area contributed by atoms with Gasteiger partial charge in [0.1, 0.15) is 5.69 Å². The van der Waals surface area contributed by atoms with Gasteiger partial charge in [-0.1, -0.05) is 12.1 Å². The number of aliphatic imine (C=N–C) groups is 2. The molecule has 1 aromatic rings. The number of guanidine groups is 2. The van der Waals surface area contributed by atoms with Crippen LogP contribution in [0.15, 0.2) is 34.3 Å². The Hall–Kier alpha value is -0.660. The van der Waals surface area contributed by atoms with E-state index in [1.807, 2.05) is 11.9 Å². The van der Waals surface area contributed by atoms with Gasteiger partial charge in [0, 0.05) is 26.2 Å². The van der Waals surface area contributed by atoms with Crippen LogP contribution in [0, 0.1) is 0 Å². The Morgan fingerprint density at radius 1 is 1.06 bits per heavy atom. The molecule has 1 heterocycles. The highest BCUT2D eigenvalue weighted by molar-refractivity contribution is 5.93. The third-order valence-electron chi connectivity index (χ3n) is 6.32. The van der Waals surface area contributed by atoms with Crippen molar-refractivity contribution in [2.75, 3.05) is 68.0 Å². The van der Waals surface area contributed by atoms with Gasteiger partial charge in [0.15, 0.2) is 5.96 Å². The molecule has 1 aliphatic rings. The Morgan fingerprint density at radius 3 is 2.36 bits per heavy atom. The zero-order valence-electron chi connectivity index (χ0n) is 21.2. The molecule has 1 aliphatic heterocycles. The molecule has 4 N–H and O–H groups in total. The topological polar surface area (TPSA) is 80.0 Å². The van der Waals surface area contributed by atoms with Gasteiger partial charge in [0.05, 0.1) is 47.8 Å². The van der Waals surface area contributed by atoms with E-state index in [9.17, 15) is 0 Å². The van der Waals surface area contributed by atoms with Crippen LogP contribution in [0.1, 0.15) is 37.7 Å². The lowest BCUT2D eigenvalue weighted by molar-refractivity contribution is -0.914. The highest BCUT2D eigenvalue weighted by Crippen LogP contribution is 2.19. The first-order valence-electron chi connectivity index (χ1n) is 11.7. The van der Waals surface area contributed by atoms with Crippen molar-refractivity contribution in [2.45, 2.75) is 38.5 Å². The van der Waals surface area contributed by atoms with Crippen LogP contribution < -0.4 is 63.9 Å². The molecule has 0 atom stereocenters. The van der Waals surface area contributed by atoms with E-state index in [4.69, 9.17) is 11.5 Å². The third-order valence-corrected chi connectivity index (χ3v) is 6.32. The fraction of sp³-hybridized carbons (Fsp3) is 0.667. The lowest BCUT2D eigenvalue weighted by Gasteiger charge is -2.38. The van der Waals surface area contributed by atoms with Crippen LogP contribution in [0.2, 0.25) is 0 Å². The number of hydrogen-bond donors (Lipinski definition) is 2. The lowest BCUT2D eigenvalue weighted by Crippen LogP contribution is -3.00. The number of halogens is 2. The van der Waals surface area contributed by atoms with E-state index in [1.54, 1.807) is 0 Å². The number of nitrogens with zero attached hydrogens (tertiary/aromatic N) is 5. The molecule has 190 valence electrons. The second kappa shape index (κ2) is 15.4. The summed E-state index contributed by atoms with van der Waals surface area (Å²) >= 11 is 0. The number of quaternary nitrogens is 2. The summed E-state index contributed by atoms with van der Waals surface area (Å²) in [5, 5.41) is 0. The Balaban J connectivity index is 0.00000512. The molecule has 9 heteroatoms. The quantitative estimate of drug-likeness (QED) is 0.0929. The number of hydrogen-bond acceptors (Lipinski definition) is 1. The zero-order chi connectivity index (χ0) is 22.9. The van der Waals surface area contributed by atoms with E-state index in [1.165, 1.54) is 61.1 Å². The summed E-state index contributed by atoms with van der Waals surface area (Å²) in [6, 6.07) is 8.60. The molecule has 0 saturated carbocycles. The number of piperidine rings is 1. The van der Waals surface area contributed by atoms with E-state index in [2.05, 4.69) is 62.4 Å². The minimum Gasteiger partial charge on any atom is -1.00 e. The molecule has 7 nitrogen and oxygen atoms in total. The van der Waals surface area contributed by atoms with Crippen LogP contribution in [0.4, 0.5) is 5.69 Å². The predicted octanol–water partition coefficient (Wildman–Crippen LogP) is -3.59. The van der Waals surface area contributed by atoms with Gasteiger partial charge in [-0.05, 0) is 50.2 Å². The van der Waals surface area contributed by atoms with Crippen molar-refractivity contribution in [3.63, 3.8) is 0 Å². The summed E-state index contributed by atoms with van der Waals surface area (Å²) in [6.07, 6.45) is 7.29. The first kappa shape index (κ1) is 32.3. The lowest BCUT2D eigenvalue weighted by atomic mass is 10.1. The van der Waals surface area contributed by atoms with Crippen molar-refractivity contribution in [3.05, 3.63) is 29.8 Å². The Labute approximate surface area is 235 Å². The van der Waals surface area contributed by atoms with E-state index >= 15 is 0 Å². The zero-order valence-corrected chi connectivity index (χ0v) is 25.5. The summed E-state index contributed by atoms with van der Waals surface area (Å²) in [5.74, 6) is 0.685. The van der Waals surface area contributed by atoms with Crippen molar-refractivity contribution in [1.29, 1.82) is 0 Å². The van der Waals surface area contributed by atoms with Gasteiger partial charge in [0.25, 0.3) is 0 Å². The SMILES string of the molecule is CN(CCCC[N+]1(C)CCCCC1)C(N)=NC(N)=NCCc1cccc([N+](C)(C)C)c1.[I-].[I-]. The van der Waals surface area contributed by atoms with Crippen molar-refractivity contribution in [3.8, 4) is 0 Å². The molecule has 1 aromatic carbocycles. The number of unbranched alkanes of at least 4 members (excludes halogenated alkanes) is 1. The maximum Gasteiger partial charge on any atom is 0.218 e. The molecule has 0 bridgehead atoms. The highest BCUT2D eigenvalue weighted by atomic mass is 127. The van der Waals surface area contributed by atoms with Crippen LogP contribution >= 0.6 is 0 Å². The van der Waals surface area contributed by atoms with Crippen molar-refractivity contribution < 1.29 is 52.4 Å². The standard InChI is InChI=1S/C24H45N7.2HI/c1-29(16-7-10-19-31(5)17-8-6-9-18-31)24(26)28-23(25)27-15-14-21-12-11-13-22(20-21)30(2,3)4;;/h11-13,20H,6-10,14-19H2,1-5H3,(H4,25,26,27,28);2*1H/q+2;;/p-2. The summed E-state index contributed by atoms with van der Waals surface area (Å²) in [5.41, 5.74) is 14.6. The van der Waals surface area contributed by atoms with Crippen molar-refractivity contribution in [1.82, 2.24) is 9.38 Å². The van der Waals surface area contributed by atoms with Crippen LogP contribution in [0.3, 0.4) is 0 Å². The largest absolute Gasteiger partial charge is 1.00 e. The maximum atomic E-state index is 6.13. The molecule has 0 unspecified atom stereocenters. The average Bonchev–Trinajstić information content (AvgIpc) is 2.71. The molecular formula is C24H45I2N7. The van der Waals surface area contributed by atoms with Gasteiger partial charge in [-0.15, -0.1) is 0 Å². The summed E-state index contributed by atoms with van der Waals surface area (Å²) in [4.78, 5) is 10.7. The van der Waals surface area contributed by atoms with Crippen LogP contribution in [-0.4, -0.2) is 89.3 Å². The summed E-state index contributed by atoms with van der Waals surface area (Å²) < 4.78 is 2.02. The van der Waals surface area contributed by atoms with Gasteiger partial charge >= 0.3 is 0 Å². The molecule has 0 aliphatic carbocycles. The third kappa shape index (κ3) is 12.0. The van der Waals surface area contributed by atoms with E-state index in [0.29, 0.717) is 12.5 Å². The monoisotopic (exact) mass is 685 g/mol. The Kier molecular flexibility index (Phi) is 15.1. The van der Waals surface area contributed by atoms with E-state index in [-0.39, 0.29) is 53.9 Å². The fourth-order valence-electron chi connectivity index (χ4n) is 4.12. The number of benzene rings is 1. The van der Waals surface area contributed by atoms with Crippen molar-refractivity contribution in [2.24, 2.45) is 21.5 Å². The molecule has 0 radical (unpaired) electrons. The minimum atomic E-state index is 0. The molecule has 2 rings (SSSR count). The van der Waals surface area contributed by atoms with Gasteiger partial charge in [-0.2, -0.15) is 4.99 Å². The molecule has 0 aromatic heterocycles. The van der Waals surface area contributed by atoms with Crippen LogP contribution in [-0.2, 0) is 6.42 Å². The smallest absolute Gasteiger partial charge is 0.218 e. The Morgan fingerprint density at radius 2 is 1.73 bits per heavy atom. The van der Waals surface area contributed by atoms with Gasteiger partial charge in [-0.25, -0.2) is 0 Å². The van der Waals surface area contributed by atoms with Crippen molar-refractivity contribution >= 4 is 17.6 Å². The number of likely N-dealkylation sites (tertiary alicyclic amines) is 1. The first-order chi connectivity index (χ1) is 14.6. The molecule has 1 saturated heterocycles. The Bertz CT molecular complexity index is 753. The fourth-order valence-corrected chi connectivity index (χ4v) is 4.12. The van der Waals surface area contributed by atoms with E-state index < -0.39 is 0 Å². The van der Waals surface area contributed by atoms with Gasteiger partial charge in [0.2, 0.25) is 5.96 Å². The van der Waals surface area contributed by atoms with Crippen LogP contribution in [0.5, 0.6) is 0 Å². The van der Waals surface area contributed by atoms with Crippen LogP contribution in [0.25, 0.3) is 0 Å². The van der Waals surface area contributed by atoms with Gasteiger partial charge in [-0.3, -0.25) is 9.48 Å². The maximum absolute atomic E-state index is 6.13. The number of rotatable bonds is 9. The first-order valence-corrected chi connectivity index (χ1v) is 11.7. The van der Waals surface area contributed by atoms with E-state index in [0.717, 1.165) is 23.9 Å². The highest BCUT2D eigenvalue weighted by Gasteiger charge is 2.23. The number of nitrogens with two attached hydrogens (primary N) is 2.